The van der Waals surface area contributed by atoms with Gasteiger partial charge in [0, 0.05) is 28.4 Å². The first kappa shape index (κ1) is 21.2. The predicted molar refractivity (Wildman–Crippen MR) is 93.9 cm³/mol. The number of fused-ring (bicyclic) bond motifs is 2. The minimum absolute atomic E-state index is 0. The summed E-state index contributed by atoms with van der Waals surface area (Å²) < 4.78 is 2.03. The minimum atomic E-state index is -1.33. The number of aromatic nitrogens is 3. The molecule has 0 radical (unpaired) electrons. The zero-order valence-corrected chi connectivity index (χ0v) is 19.2. The number of aliphatic hydroxyl groups is 1. The summed E-state index contributed by atoms with van der Waals surface area (Å²) in [4.78, 5) is 26.1. The molecule has 5 atom stereocenters. The third-order valence-corrected chi connectivity index (χ3v) is 8.09. The molecule has 1 N–H and O–H groups in total. The molecule has 0 spiro atoms. The Bertz CT molecular complexity index is 827. The number of nitrogens with zero attached hydrogens (tertiary/aromatic N) is 4. The Morgan fingerprint density at radius 3 is 2.78 bits per heavy atom. The summed E-state index contributed by atoms with van der Waals surface area (Å²) in [6, 6.07) is -0.304. The molecule has 1 amide bonds. The normalized spacial score (nSPS) is 30.4. The molecular weight excluding hydrogens is 399 g/mol. The van der Waals surface area contributed by atoms with Crippen LogP contribution in [0.2, 0.25) is 0 Å². The number of aliphatic hydroxyl groups excluding tert-OH is 1. The van der Waals surface area contributed by atoms with E-state index in [9.17, 15) is 19.8 Å². The van der Waals surface area contributed by atoms with Crippen molar-refractivity contribution in [3.8, 4) is 0 Å². The molecule has 27 heavy (non-hydrogen) atoms. The van der Waals surface area contributed by atoms with Crippen molar-refractivity contribution in [1.29, 1.82) is 0 Å². The summed E-state index contributed by atoms with van der Waals surface area (Å²) in [7, 11) is 0. The Morgan fingerprint density at radius 1 is 1.44 bits per heavy atom. The molecule has 0 bridgehead atoms. The molecule has 4 heterocycles. The van der Waals surface area contributed by atoms with Crippen molar-refractivity contribution in [2.75, 3.05) is 5.75 Å². The van der Waals surface area contributed by atoms with Crippen LogP contribution in [0.25, 0.3) is 0 Å². The van der Waals surface area contributed by atoms with E-state index in [-0.39, 0.29) is 58.4 Å². The van der Waals surface area contributed by atoms with Crippen molar-refractivity contribution in [3.05, 3.63) is 16.4 Å². The van der Waals surface area contributed by atoms with Crippen LogP contribution in [0, 0.1) is 18.8 Å². The Labute approximate surface area is 187 Å². The molecule has 0 aromatic carbocycles. The number of rotatable bonds is 4. The first-order valence-corrected chi connectivity index (χ1v) is 10.3. The predicted octanol–water partition coefficient (Wildman–Crippen LogP) is -3.38. The monoisotopic (exact) mass is 418 g/mol. The van der Waals surface area contributed by atoms with Crippen molar-refractivity contribution in [1.82, 2.24) is 19.7 Å². The molecule has 1 aromatic heterocycles. The Hall–Kier alpha value is -0.520. The van der Waals surface area contributed by atoms with E-state index in [1.54, 1.807) is 18.7 Å². The SMILES string of the molecule is Cc1nnc2n1CC(SC1=C(C(=O)[O-])N3C(=O)[C@H]([C@@H](C)O)[C@H]3[C@H]1C)CS2.[Na+]. The minimum Gasteiger partial charge on any atom is -0.543 e. The van der Waals surface area contributed by atoms with Gasteiger partial charge in [-0.3, -0.25) is 4.79 Å². The van der Waals surface area contributed by atoms with Crippen LogP contribution in [-0.4, -0.2) is 59.8 Å². The number of thioether (sulfide) groups is 2. The van der Waals surface area contributed by atoms with Gasteiger partial charge < -0.3 is 24.5 Å². The molecule has 1 fully saturated rings. The van der Waals surface area contributed by atoms with E-state index in [1.807, 2.05) is 18.4 Å². The summed E-state index contributed by atoms with van der Waals surface area (Å²) >= 11 is 3.10. The zero-order valence-electron chi connectivity index (χ0n) is 15.6. The molecule has 11 heteroatoms. The van der Waals surface area contributed by atoms with Crippen LogP contribution < -0.4 is 34.7 Å². The molecule has 4 rings (SSSR count). The zero-order chi connectivity index (χ0) is 18.7. The van der Waals surface area contributed by atoms with E-state index < -0.39 is 18.0 Å². The summed E-state index contributed by atoms with van der Waals surface area (Å²) in [5, 5.41) is 30.9. The third-order valence-electron chi connectivity index (χ3n) is 5.28. The first-order chi connectivity index (χ1) is 12.3. The van der Waals surface area contributed by atoms with Crippen molar-refractivity contribution in [2.45, 2.75) is 49.9 Å². The van der Waals surface area contributed by atoms with Gasteiger partial charge in [-0.05, 0) is 13.8 Å². The molecule has 0 aliphatic carbocycles. The number of β-lactam (4-membered cyclic amide) rings is 1. The van der Waals surface area contributed by atoms with Gasteiger partial charge in [-0.2, -0.15) is 0 Å². The number of carbonyl (C=O) groups is 2. The molecule has 3 aliphatic heterocycles. The third kappa shape index (κ3) is 3.28. The summed E-state index contributed by atoms with van der Waals surface area (Å²) in [6.07, 6.45) is -0.800. The average molecular weight is 418 g/mol. The van der Waals surface area contributed by atoms with Gasteiger partial charge in [0.25, 0.3) is 0 Å². The number of amides is 1. The number of hydrogen-bond donors (Lipinski definition) is 1. The first-order valence-electron chi connectivity index (χ1n) is 8.47. The number of aliphatic carboxylic acids is 1. The van der Waals surface area contributed by atoms with Crippen molar-refractivity contribution < 1.29 is 49.4 Å². The largest absolute Gasteiger partial charge is 1.00 e. The average Bonchev–Trinajstić information content (AvgIpc) is 3.05. The second-order valence-electron chi connectivity index (χ2n) is 6.95. The second-order valence-corrected chi connectivity index (χ2v) is 9.27. The van der Waals surface area contributed by atoms with Crippen LogP contribution in [0.5, 0.6) is 0 Å². The van der Waals surface area contributed by atoms with Gasteiger partial charge in [0.05, 0.1) is 29.7 Å². The van der Waals surface area contributed by atoms with Gasteiger partial charge in [0.1, 0.15) is 5.82 Å². The molecule has 3 aliphatic rings. The van der Waals surface area contributed by atoms with Crippen molar-refractivity contribution in [3.63, 3.8) is 0 Å². The molecule has 1 aromatic rings. The van der Waals surface area contributed by atoms with Crippen LogP contribution in [0.4, 0.5) is 0 Å². The summed E-state index contributed by atoms with van der Waals surface area (Å²) in [5.74, 6) is -0.730. The van der Waals surface area contributed by atoms with Crippen molar-refractivity contribution in [2.24, 2.45) is 11.8 Å². The van der Waals surface area contributed by atoms with Crippen LogP contribution in [0.1, 0.15) is 19.7 Å². The Kier molecular flexibility index (Phi) is 6.06. The van der Waals surface area contributed by atoms with E-state index in [1.165, 1.54) is 16.7 Å². The van der Waals surface area contributed by atoms with Crippen molar-refractivity contribution >= 4 is 35.4 Å². The maximum absolute atomic E-state index is 12.4. The number of hydrogen-bond acceptors (Lipinski definition) is 8. The van der Waals surface area contributed by atoms with Crippen LogP contribution in [0.15, 0.2) is 15.8 Å². The van der Waals surface area contributed by atoms with Gasteiger partial charge in [-0.15, -0.1) is 22.0 Å². The van der Waals surface area contributed by atoms with Gasteiger partial charge in [-0.1, -0.05) is 18.7 Å². The van der Waals surface area contributed by atoms with E-state index in [0.717, 1.165) is 16.7 Å². The number of carbonyl (C=O) groups excluding carboxylic acids is 2. The molecule has 140 valence electrons. The molecule has 0 saturated carbocycles. The standard InChI is InChI=1S/C16H20N4O4S2.Na/c1-6-11-10(7(2)21)14(22)20(11)12(15(23)24)13(6)26-9-4-19-8(3)17-18-16(19)25-5-9;/h6-7,9-11,21H,4-5H2,1-3H3,(H,23,24);/q;+1/p-1/t6-,7-,9?,10-,11-;/m1./s1. The fourth-order valence-electron chi connectivity index (χ4n) is 4.02. The van der Waals surface area contributed by atoms with Gasteiger partial charge >= 0.3 is 29.6 Å². The number of aryl methyl sites for hydroxylation is 1. The molecule has 1 saturated heterocycles. The Morgan fingerprint density at radius 2 is 2.15 bits per heavy atom. The summed E-state index contributed by atoms with van der Waals surface area (Å²) in [6.45, 7) is 6.08. The van der Waals surface area contributed by atoms with Crippen LogP contribution >= 0.6 is 23.5 Å². The van der Waals surface area contributed by atoms with Gasteiger partial charge in [-0.25, -0.2) is 0 Å². The fraction of sp³-hybridized carbons (Fsp3) is 0.625. The quantitative estimate of drug-likeness (QED) is 0.398. The van der Waals surface area contributed by atoms with E-state index >= 15 is 0 Å². The van der Waals surface area contributed by atoms with E-state index in [0.29, 0.717) is 11.4 Å². The summed E-state index contributed by atoms with van der Waals surface area (Å²) in [5.41, 5.74) is -0.0225. The van der Waals surface area contributed by atoms with E-state index in [4.69, 9.17) is 0 Å². The fourth-order valence-corrected chi connectivity index (χ4v) is 6.63. The molecule has 8 nitrogen and oxygen atoms in total. The maximum Gasteiger partial charge on any atom is 1.00 e. The van der Waals surface area contributed by atoms with E-state index in [2.05, 4.69) is 10.2 Å². The molecule has 1 unspecified atom stereocenters. The van der Waals surface area contributed by atoms with Crippen LogP contribution in [-0.2, 0) is 16.1 Å². The second kappa shape index (κ2) is 7.72. The van der Waals surface area contributed by atoms with Crippen LogP contribution in [0.3, 0.4) is 0 Å². The number of carboxylic acid groups (broad SMARTS) is 1. The van der Waals surface area contributed by atoms with Gasteiger partial charge in [0.15, 0.2) is 5.16 Å². The number of carboxylic acids is 1. The molecular formula is C16H19N4NaO4S2. The van der Waals surface area contributed by atoms with Gasteiger partial charge in [0.2, 0.25) is 5.91 Å². The Balaban J connectivity index is 0.00000210. The maximum atomic E-state index is 12.4. The topological polar surface area (TPSA) is 111 Å². The smallest absolute Gasteiger partial charge is 0.543 e.